The molecule has 0 N–H and O–H groups in total. The molecule has 2 aliphatic rings. The molecule has 0 saturated heterocycles. The first-order valence-corrected chi connectivity index (χ1v) is 13.8. The Kier molecular flexibility index (Phi) is 9.03. The Hall–Kier alpha value is -1.90. The second-order valence-electron chi connectivity index (χ2n) is 10.8. The van der Waals surface area contributed by atoms with Crippen LogP contribution in [0.5, 0.6) is 5.75 Å². The van der Waals surface area contributed by atoms with Crippen LogP contribution < -0.4 is 4.74 Å². The largest absolute Gasteiger partial charge is 0.483 e. The van der Waals surface area contributed by atoms with Crippen molar-refractivity contribution in [1.82, 2.24) is 0 Å². The molecule has 2 aromatic carbocycles. The first kappa shape index (κ1) is 25.2. The van der Waals surface area contributed by atoms with Crippen LogP contribution >= 0.6 is 0 Å². The van der Waals surface area contributed by atoms with Gasteiger partial charge in [0.25, 0.3) is 0 Å². The molecule has 0 amide bonds. The molecule has 34 heavy (non-hydrogen) atoms. The van der Waals surface area contributed by atoms with Crippen molar-refractivity contribution < 1.29 is 13.5 Å². The Morgan fingerprint density at radius 3 is 2.56 bits per heavy atom. The average Bonchev–Trinajstić information content (AvgIpc) is 2.85. The quantitative estimate of drug-likeness (QED) is 0.249. The molecule has 2 aromatic rings. The lowest BCUT2D eigenvalue weighted by molar-refractivity contribution is 0.113. The summed E-state index contributed by atoms with van der Waals surface area (Å²) < 4.78 is 34.9. The Bertz CT molecular complexity index is 966. The summed E-state index contributed by atoms with van der Waals surface area (Å²) in [6.07, 6.45) is 19.8. The van der Waals surface area contributed by atoms with Crippen molar-refractivity contribution in [3.63, 3.8) is 0 Å². The molecular weight excluding hydrogens is 426 g/mol. The van der Waals surface area contributed by atoms with Crippen LogP contribution in [0.15, 0.2) is 36.4 Å². The highest BCUT2D eigenvalue weighted by Crippen LogP contribution is 2.48. The van der Waals surface area contributed by atoms with Gasteiger partial charge in [-0.05, 0) is 79.7 Å². The van der Waals surface area contributed by atoms with E-state index in [4.69, 9.17) is 4.74 Å². The number of allylic oxidation sites excluding steroid dienone is 1. The fourth-order valence-electron chi connectivity index (χ4n) is 6.53. The molecule has 1 nitrogen and oxygen atoms in total. The molecule has 2 aliphatic carbocycles. The number of hydrogen-bond acceptors (Lipinski definition) is 1. The summed E-state index contributed by atoms with van der Waals surface area (Å²) in [5, 5.41) is 1.08. The second-order valence-corrected chi connectivity index (χ2v) is 10.8. The number of halogens is 2. The molecule has 0 aromatic heterocycles. The molecule has 4 atom stereocenters. The van der Waals surface area contributed by atoms with Gasteiger partial charge in [0.15, 0.2) is 17.4 Å². The zero-order valence-corrected chi connectivity index (χ0v) is 21.1. The van der Waals surface area contributed by atoms with E-state index < -0.39 is 11.6 Å². The summed E-state index contributed by atoms with van der Waals surface area (Å²) in [5.74, 6) is 1.66. The molecule has 4 rings (SSSR count). The molecule has 0 aliphatic heterocycles. The summed E-state index contributed by atoms with van der Waals surface area (Å²) in [7, 11) is 0. The molecule has 0 radical (unpaired) electrons. The van der Waals surface area contributed by atoms with Crippen molar-refractivity contribution in [3.05, 3.63) is 53.6 Å². The number of ether oxygens (including phenoxy) is 1. The minimum atomic E-state index is -0.622. The maximum atomic E-state index is 14.9. The standard InChI is InChI=1S/C31H42F2O/c1-3-5-7-8-9-10-22-11-12-24-19-25(14-13-23(24)18-22)26-15-16-28-27(20-26)21-29(32)31(30(28)33)34-17-6-4-2/h4,6,15-16,20-25H,3,5,7-14,17-19H2,1-2H3/b6-4+. The summed E-state index contributed by atoms with van der Waals surface area (Å²) in [6, 6.07) is 7.34. The summed E-state index contributed by atoms with van der Waals surface area (Å²) in [4.78, 5) is 0. The smallest absolute Gasteiger partial charge is 0.191 e. The molecular formula is C31H42F2O. The maximum Gasteiger partial charge on any atom is 0.191 e. The fourth-order valence-corrected chi connectivity index (χ4v) is 6.53. The highest BCUT2D eigenvalue weighted by Gasteiger charge is 2.35. The van der Waals surface area contributed by atoms with E-state index in [1.165, 1.54) is 88.7 Å². The molecule has 2 fully saturated rings. The minimum absolute atomic E-state index is 0.165. The average molecular weight is 469 g/mol. The van der Waals surface area contributed by atoms with E-state index in [0.29, 0.717) is 16.7 Å². The van der Waals surface area contributed by atoms with Crippen molar-refractivity contribution in [2.24, 2.45) is 17.8 Å². The van der Waals surface area contributed by atoms with Gasteiger partial charge in [-0.25, -0.2) is 8.78 Å². The zero-order valence-electron chi connectivity index (χ0n) is 21.1. The van der Waals surface area contributed by atoms with Crippen LogP contribution in [0, 0.1) is 29.4 Å². The minimum Gasteiger partial charge on any atom is -0.483 e. The van der Waals surface area contributed by atoms with E-state index in [0.717, 1.165) is 17.8 Å². The predicted molar refractivity (Wildman–Crippen MR) is 138 cm³/mol. The Balaban J connectivity index is 1.37. The lowest BCUT2D eigenvalue weighted by Crippen LogP contribution is -2.30. The van der Waals surface area contributed by atoms with Crippen molar-refractivity contribution in [2.75, 3.05) is 6.61 Å². The molecule has 3 heteroatoms. The van der Waals surface area contributed by atoms with Gasteiger partial charge in [-0.3, -0.25) is 0 Å². The van der Waals surface area contributed by atoms with Gasteiger partial charge in [-0.1, -0.05) is 82.2 Å². The monoisotopic (exact) mass is 468 g/mol. The van der Waals surface area contributed by atoms with Crippen molar-refractivity contribution >= 4 is 10.8 Å². The highest BCUT2D eigenvalue weighted by atomic mass is 19.1. The van der Waals surface area contributed by atoms with Gasteiger partial charge in [0, 0.05) is 5.39 Å². The van der Waals surface area contributed by atoms with Crippen LogP contribution in [0.1, 0.15) is 102 Å². The van der Waals surface area contributed by atoms with E-state index in [-0.39, 0.29) is 12.4 Å². The SMILES string of the molecule is C/C=C/COc1c(F)cc2cc(C3CCC4CC(CCCCCCC)CCC4C3)ccc2c1F. The van der Waals surface area contributed by atoms with Gasteiger partial charge < -0.3 is 4.74 Å². The van der Waals surface area contributed by atoms with Crippen LogP contribution in [0.25, 0.3) is 10.8 Å². The van der Waals surface area contributed by atoms with E-state index in [9.17, 15) is 8.78 Å². The Morgan fingerprint density at radius 2 is 1.74 bits per heavy atom. The molecule has 0 bridgehead atoms. The van der Waals surface area contributed by atoms with Crippen LogP contribution in [0.4, 0.5) is 8.78 Å². The molecule has 0 heterocycles. The first-order chi connectivity index (χ1) is 16.6. The Labute approximate surface area is 205 Å². The third-order valence-corrected chi connectivity index (χ3v) is 8.48. The van der Waals surface area contributed by atoms with Crippen molar-refractivity contribution in [2.45, 2.75) is 96.8 Å². The van der Waals surface area contributed by atoms with Gasteiger partial charge in [0.05, 0.1) is 0 Å². The zero-order chi connectivity index (χ0) is 23.9. The van der Waals surface area contributed by atoms with Crippen molar-refractivity contribution in [1.29, 1.82) is 0 Å². The van der Waals surface area contributed by atoms with Crippen LogP contribution in [0.3, 0.4) is 0 Å². The number of rotatable bonds is 10. The van der Waals surface area contributed by atoms with Gasteiger partial charge in [-0.2, -0.15) is 0 Å². The van der Waals surface area contributed by atoms with Crippen LogP contribution in [-0.2, 0) is 0 Å². The van der Waals surface area contributed by atoms with Gasteiger partial charge in [0.2, 0.25) is 0 Å². The highest BCUT2D eigenvalue weighted by molar-refractivity contribution is 5.85. The normalized spacial score (nSPS) is 25.1. The number of fused-ring (bicyclic) bond motifs is 2. The summed E-state index contributed by atoms with van der Waals surface area (Å²) in [6.45, 7) is 4.30. The fraction of sp³-hybridized carbons (Fsp3) is 0.613. The topological polar surface area (TPSA) is 9.23 Å². The second kappa shape index (κ2) is 12.2. The lowest BCUT2D eigenvalue weighted by Gasteiger charge is -2.42. The van der Waals surface area contributed by atoms with E-state index in [2.05, 4.69) is 13.0 Å². The molecule has 2 saturated carbocycles. The number of benzene rings is 2. The van der Waals surface area contributed by atoms with Gasteiger partial charge in [0.1, 0.15) is 6.61 Å². The molecule has 0 spiro atoms. The van der Waals surface area contributed by atoms with Gasteiger partial charge in [-0.15, -0.1) is 0 Å². The van der Waals surface area contributed by atoms with Crippen LogP contribution in [0.2, 0.25) is 0 Å². The first-order valence-electron chi connectivity index (χ1n) is 13.8. The van der Waals surface area contributed by atoms with Crippen molar-refractivity contribution in [3.8, 4) is 5.75 Å². The van der Waals surface area contributed by atoms with Gasteiger partial charge >= 0.3 is 0 Å². The third kappa shape index (κ3) is 6.01. The van der Waals surface area contributed by atoms with Crippen LogP contribution in [-0.4, -0.2) is 6.61 Å². The Morgan fingerprint density at radius 1 is 0.941 bits per heavy atom. The van der Waals surface area contributed by atoms with E-state index >= 15 is 0 Å². The maximum absolute atomic E-state index is 14.9. The predicted octanol–water partition coefficient (Wildman–Crippen LogP) is 9.73. The lowest BCUT2D eigenvalue weighted by atomic mass is 9.63. The third-order valence-electron chi connectivity index (χ3n) is 8.48. The number of unbranched alkanes of at least 4 members (excludes halogenated alkanes) is 4. The molecule has 4 unspecified atom stereocenters. The molecule has 186 valence electrons. The summed E-state index contributed by atoms with van der Waals surface area (Å²) >= 11 is 0. The van der Waals surface area contributed by atoms with E-state index in [1.54, 1.807) is 12.2 Å². The van der Waals surface area contributed by atoms with E-state index in [1.807, 2.05) is 19.1 Å². The summed E-state index contributed by atoms with van der Waals surface area (Å²) in [5.41, 5.74) is 1.24. The number of hydrogen-bond donors (Lipinski definition) is 0.